The van der Waals surface area contributed by atoms with Crippen molar-refractivity contribution in [1.29, 1.82) is 0 Å². The van der Waals surface area contributed by atoms with Crippen LogP contribution in [0.15, 0.2) is 18.2 Å². The van der Waals surface area contributed by atoms with Gasteiger partial charge in [-0.2, -0.15) is 0 Å². The zero-order valence-electron chi connectivity index (χ0n) is 11.8. The predicted molar refractivity (Wildman–Crippen MR) is 77.1 cm³/mol. The highest BCUT2D eigenvalue weighted by Gasteiger charge is 2.33. The van der Waals surface area contributed by atoms with Crippen molar-refractivity contribution in [2.45, 2.75) is 12.8 Å². The van der Waals surface area contributed by atoms with Crippen LogP contribution >= 0.6 is 0 Å². The second kappa shape index (κ2) is 5.29. The van der Waals surface area contributed by atoms with Gasteiger partial charge in [-0.25, -0.2) is 0 Å². The number of nitrogens with one attached hydrogen (secondary N) is 2. The van der Waals surface area contributed by atoms with Crippen LogP contribution in [0.3, 0.4) is 0 Å². The van der Waals surface area contributed by atoms with Gasteiger partial charge in [0.25, 0.3) is 11.8 Å². The van der Waals surface area contributed by atoms with Gasteiger partial charge in [-0.05, 0) is 44.1 Å². The van der Waals surface area contributed by atoms with E-state index in [2.05, 4.69) is 10.6 Å². The lowest BCUT2D eigenvalue weighted by atomic mass is 9.97. The van der Waals surface area contributed by atoms with E-state index >= 15 is 0 Å². The molecular weight excluding hydrogens is 270 g/mol. The van der Waals surface area contributed by atoms with Gasteiger partial charge < -0.3 is 10.6 Å². The highest BCUT2D eigenvalue weighted by molar-refractivity contribution is 6.21. The Morgan fingerprint density at radius 2 is 1.86 bits per heavy atom. The van der Waals surface area contributed by atoms with Crippen LogP contribution in [-0.2, 0) is 4.79 Å². The molecule has 0 radical (unpaired) electrons. The van der Waals surface area contributed by atoms with Crippen LogP contribution in [0.5, 0.6) is 0 Å². The molecule has 0 unspecified atom stereocenters. The topological polar surface area (TPSA) is 78.5 Å². The van der Waals surface area contributed by atoms with E-state index in [0.29, 0.717) is 16.8 Å². The molecule has 1 aromatic rings. The highest BCUT2D eigenvalue weighted by Crippen LogP contribution is 2.25. The van der Waals surface area contributed by atoms with E-state index in [1.54, 1.807) is 18.2 Å². The molecule has 0 aromatic heterocycles. The molecule has 0 bridgehead atoms. The van der Waals surface area contributed by atoms with Gasteiger partial charge in [0, 0.05) is 18.7 Å². The van der Waals surface area contributed by atoms with Crippen LogP contribution in [-0.4, -0.2) is 42.8 Å². The van der Waals surface area contributed by atoms with Gasteiger partial charge in [0.05, 0.1) is 11.1 Å². The first kappa shape index (κ1) is 13.8. The van der Waals surface area contributed by atoms with Gasteiger partial charge >= 0.3 is 0 Å². The molecule has 3 amide bonds. The van der Waals surface area contributed by atoms with Crippen LogP contribution in [0.4, 0.5) is 5.69 Å². The Hall–Kier alpha value is -2.21. The summed E-state index contributed by atoms with van der Waals surface area (Å²) in [5, 5.41) is 6.06. The van der Waals surface area contributed by atoms with Gasteiger partial charge in [0.1, 0.15) is 0 Å². The van der Waals surface area contributed by atoms with E-state index in [4.69, 9.17) is 0 Å². The number of hydrogen-bond acceptors (Lipinski definition) is 4. The minimum absolute atomic E-state index is 0.000452. The third-order valence-corrected chi connectivity index (χ3v) is 4.07. The molecule has 6 nitrogen and oxygen atoms in total. The molecule has 1 aromatic carbocycles. The van der Waals surface area contributed by atoms with Crippen LogP contribution in [0, 0.1) is 5.92 Å². The maximum atomic E-state index is 12.2. The van der Waals surface area contributed by atoms with Crippen LogP contribution in [0.1, 0.15) is 33.6 Å². The molecule has 21 heavy (non-hydrogen) atoms. The third kappa shape index (κ3) is 2.42. The fourth-order valence-corrected chi connectivity index (χ4v) is 2.77. The average Bonchev–Trinajstić information content (AvgIpc) is 2.73. The molecule has 3 rings (SSSR count). The van der Waals surface area contributed by atoms with Gasteiger partial charge in [-0.1, -0.05) is 0 Å². The molecule has 110 valence electrons. The molecule has 2 aliphatic rings. The molecular formula is C15H17N3O3. The average molecular weight is 287 g/mol. The number of hydrogen-bond donors (Lipinski definition) is 2. The normalized spacial score (nSPS) is 18.8. The Balaban J connectivity index is 1.77. The Bertz CT molecular complexity index is 621. The molecule has 0 aliphatic carbocycles. The fraction of sp³-hybridized carbons (Fsp3) is 0.400. The number of piperidine rings is 1. The van der Waals surface area contributed by atoms with E-state index in [9.17, 15) is 14.4 Å². The summed E-state index contributed by atoms with van der Waals surface area (Å²) in [7, 11) is 1.46. The standard InChI is InChI=1S/C15H17N3O3/c1-18-14(20)11-3-2-10(8-12(11)15(18)21)17-13(19)9-4-6-16-7-5-9/h2-3,8-9,16H,4-7H2,1H3,(H,17,19). The lowest BCUT2D eigenvalue weighted by Gasteiger charge is -2.21. The van der Waals surface area contributed by atoms with Crippen molar-refractivity contribution in [3.05, 3.63) is 29.3 Å². The Morgan fingerprint density at radius 1 is 1.19 bits per heavy atom. The molecule has 6 heteroatoms. The lowest BCUT2D eigenvalue weighted by Crippen LogP contribution is -2.34. The largest absolute Gasteiger partial charge is 0.326 e. The lowest BCUT2D eigenvalue weighted by molar-refractivity contribution is -0.120. The van der Waals surface area contributed by atoms with E-state index in [1.807, 2.05) is 0 Å². The Morgan fingerprint density at radius 3 is 2.57 bits per heavy atom. The van der Waals surface area contributed by atoms with Crippen molar-refractivity contribution in [2.24, 2.45) is 5.92 Å². The van der Waals surface area contributed by atoms with Gasteiger partial charge in [-0.3, -0.25) is 19.3 Å². The summed E-state index contributed by atoms with van der Waals surface area (Å²) in [6.45, 7) is 1.69. The Kier molecular flexibility index (Phi) is 3.47. The first-order valence-electron chi connectivity index (χ1n) is 7.06. The zero-order valence-corrected chi connectivity index (χ0v) is 11.8. The molecule has 2 N–H and O–H groups in total. The highest BCUT2D eigenvalue weighted by atomic mass is 16.2. The van der Waals surface area contributed by atoms with Crippen LogP contribution in [0.25, 0.3) is 0 Å². The Labute approximate surface area is 122 Å². The summed E-state index contributed by atoms with van der Waals surface area (Å²) in [6, 6.07) is 4.84. The van der Waals surface area contributed by atoms with Crippen LogP contribution < -0.4 is 10.6 Å². The molecule has 2 aliphatic heterocycles. The van der Waals surface area contributed by atoms with E-state index < -0.39 is 0 Å². The van der Waals surface area contributed by atoms with Gasteiger partial charge in [0.15, 0.2) is 0 Å². The molecule has 0 atom stereocenters. The third-order valence-electron chi connectivity index (χ3n) is 4.07. The number of imide groups is 1. The number of amides is 3. The quantitative estimate of drug-likeness (QED) is 0.790. The van der Waals surface area contributed by atoms with Gasteiger partial charge in [-0.15, -0.1) is 0 Å². The van der Waals surface area contributed by atoms with Crippen molar-refractivity contribution < 1.29 is 14.4 Å². The van der Waals surface area contributed by atoms with Crippen molar-refractivity contribution >= 4 is 23.4 Å². The second-order valence-electron chi connectivity index (χ2n) is 5.44. The number of benzene rings is 1. The number of rotatable bonds is 2. The monoisotopic (exact) mass is 287 g/mol. The second-order valence-corrected chi connectivity index (χ2v) is 5.44. The van der Waals surface area contributed by atoms with E-state index in [-0.39, 0.29) is 23.6 Å². The fourth-order valence-electron chi connectivity index (χ4n) is 2.77. The smallest absolute Gasteiger partial charge is 0.261 e. The maximum absolute atomic E-state index is 12.2. The number of nitrogens with zero attached hydrogens (tertiary/aromatic N) is 1. The minimum Gasteiger partial charge on any atom is -0.326 e. The van der Waals surface area contributed by atoms with Crippen molar-refractivity contribution in [1.82, 2.24) is 10.2 Å². The number of anilines is 1. The zero-order chi connectivity index (χ0) is 15.0. The number of carbonyl (C=O) groups excluding carboxylic acids is 3. The first-order chi connectivity index (χ1) is 10.1. The molecule has 1 fully saturated rings. The summed E-state index contributed by atoms with van der Waals surface area (Å²) >= 11 is 0. The number of fused-ring (bicyclic) bond motifs is 1. The predicted octanol–water partition coefficient (Wildman–Crippen LogP) is 0.850. The maximum Gasteiger partial charge on any atom is 0.261 e. The van der Waals surface area contributed by atoms with E-state index in [0.717, 1.165) is 30.8 Å². The summed E-state index contributed by atoms with van der Waals surface area (Å²) in [5.74, 6) is -0.653. The summed E-state index contributed by atoms with van der Waals surface area (Å²) < 4.78 is 0. The van der Waals surface area contributed by atoms with Crippen molar-refractivity contribution in [3.8, 4) is 0 Å². The van der Waals surface area contributed by atoms with E-state index in [1.165, 1.54) is 7.05 Å². The molecule has 1 saturated heterocycles. The van der Waals surface area contributed by atoms with Crippen molar-refractivity contribution in [2.75, 3.05) is 25.5 Å². The van der Waals surface area contributed by atoms with Crippen molar-refractivity contribution in [3.63, 3.8) is 0 Å². The summed E-state index contributed by atoms with van der Waals surface area (Å²) in [5.41, 5.74) is 1.31. The SMILES string of the molecule is CN1C(=O)c2ccc(NC(=O)C3CCNCC3)cc2C1=O. The summed E-state index contributed by atoms with van der Waals surface area (Å²) in [4.78, 5) is 37.0. The first-order valence-corrected chi connectivity index (χ1v) is 7.06. The van der Waals surface area contributed by atoms with Gasteiger partial charge in [0.2, 0.25) is 5.91 Å². The minimum atomic E-state index is -0.326. The van der Waals surface area contributed by atoms with Crippen LogP contribution in [0.2, 0.25) is 0 Å². The number of carbonyl (C=O) groups is 3. The molecule has 0 spiro atoms. The summed E-state index contributed by atoms with van der Waals surface area (Å²) in [6.07, 6.45) is 1.63. The molecule has 0 saturated carbocycles. The molecule has 2 heterocycles.